The van der Waals surface area contributed by atoms with Crippen LogP contribution in [0.5, 0.6) is 0 Å². The van der Waals surface area contributed by atoms with Crippen LogP contribution >= 0.6 is 0 Å². The highest BCUT2D eigenvalue weighted by molar-refractivity contribution is 5.78. The number of hydrogen-bond acceptors (Lipinski definition) is 4. The second-order valence-electron chi connectivity index (χ2n) is 4.42. The van der Waals surface area contributed by atoms with Gasteiger partial charge >= 0.3 is 5.97 Å². The Labute approximate surface area is 116 Å². The zero-order valence-corrected chi connectivity index (χ0v) is 12.3. The Morgan fingerprint density at radius 2 is 1.79 bits per heavy atom. The first-order valence-corrected chi connectivity index (χ1v) is 6.18. The molecule has 0 heterocycles. The minimum Gasteiger partial charge on any atom is -0.480 e. The molecule has 0 aromatic heterocycles. The third kappa shape index (κ3) is 9.41. The molecule has 1 atom stereocenters. The van der Waals surface area contributed by atoms with Crippen LogP contribution in [0.4, 0.5) is 0 Å². The second kappa shape index (κ2) is 11.9. The molecule has 2 N–H and O–H groups in total. The summed E-state index contributed by atoms with van der Waals surface area (Å²) in [7, 11) is 3.46. The van der Waals surface area contributed by atoms with Gasteiger partial charge in [0.05, 0.1) is 13.2 Å². The van der Waals surface area contributed by atoms with E-state index < -0.39 is 11.5 Å². The molecule has 0 aliphatic heterocycles. The van der Waals surface area contributed by atoms with Crippen LogP contribution in [0.25, 0.3) is 0 Å². The molecule has 0 amide bonds. The standard InChI is InChI=1S/C8H17NO3.C6H10O/c1-8(7(11)12,9(2)3)5-4-6-10;1-3-5-7-6-4-2/h10H,4-6H2,1-3H3,(H,11,12);3-4H,1-2,5-6H2. The first-order chi connectivity index (χ1) is 8.86. The quantitative estimate of drug-likeness (QED) is 0.492. The highest BCUT2D eigenvalue weighted by Gasteiger charge is 2.34. The molecule has 0 aliphatic carbocycles. The number of hydrogen-bond donors (Lipinski definition) is 2. The minimum atomic E-state index is -0.858. The van der Waals surface area contributed by atoms with E-state index in [1.165, 1.54) is 0 Å². The highest BCUT2D eigenvalue weighted by Crippen LogP contribution is 2.18. The Balaban J connectivity index is 0. The van der Waals surface area contributed by atoms with Gasteiger partial charge in [-0.15, -0.1) is 13.2 Å². The van der Waals surface area contributed by atoms with Crippen LogP contribution in [0.3, 0.4) is 0 Å². The van der Waals surface area contributed by atoms with Gasteiger partial charge in [-0.3, -0.25) is 9.69 Å². The fraction of sp³-hybridized carbons (Fsp3) is 0.643. The van der Waals surface area contributed by atoms with E-state index in [2.05, 4.69) is 13.2 Å². The number of aliphatic carboxylic acids is 1. The number of carboxylic acid groups (broad SMARTS) is 1. The monoisotopic (exact) mass is 273 g/mol. The van der Waals surface area contributed by atoms with E-state index in [-0.39, 0.29) is 6.61 Å². The second-order valence-corrected chi connectivity index (χ2v) is 4.42. The third-order valence-corrected chi connectivity index (χ3v) is 2.74. The Kier molecular flexibility index (Phi) is 12.6. The predicted octanol–water partition coefficient (Wildman–Crippen LogP) is 1.54. The van der Waals surface area contributed by atoms with Gasteiger partial charge in [0.25, 0.3) is 0 Å². The van der Waals surface area contributed by atoms with Crippen molar-refractivity contribution in [3.63, 3.8) is 0 Å². The maximum absolute atomic E-state index is 10.8. The van der Waals surface area contributed by atoms with E-state index in [4.69, 9.17) is 14.9 Å². The lowest BCUT2D eigenvalue weighted by Crippen LogP contribution is -2.48. The molecule has 0 bridgehead atoms. The lowest BCUT2D eigenvalue weighted by Gasteiger charge is -2.31. The number of likely N-dealkylation sites (N-methyl/N-ethyl adjacent to an activating group) is 1. The van der Waals surface area contributed by atoms with Crippen molar-refractivity contribution in [1.29, 1.82) is 0 Å². The maximum atomic E-state index is 10.8. The molecule has 0 saturated heterocycles. The van der Waals surface area contributed by atoms with Gasteiger partial charge in [0.1, 0.15) is 5.54 Å². The summed E-state index contributed by atoms with van der Waals surface area (Å²) in [6.07, 6.45) is 4.40. The normalized spacial score (nSPS) is 13.1. The molecule has 0 saturated carbocycles. The molecule has 19 heavy (non-hydrogen) atoms. The lowest BCUT2D eigenvalue weighted by molar-refractivity contribution is -0.149. The summed E-state index contributed by atoms with van der Waals surface area (Å²) >= 11 is 0. The van der Waals surface area contributed by atoms with Gasteiger partial charge in [0, 0.05) is 6.61 Å². The van der Waals surface area contributed by atoms with Crippen LogP contribution in [-0.4, -0.2) is 60.5 Å². The van der Waals surface area contributed by atoms with E-state index in [1.54, 1.807) is 38.1 Å². The van der Waals surface area contributed by atoms with Gasteiger partial charge < -0.3 is 14.9 Å². The average Bonchev–Trinajstić information content (AvgIpc) is 2.36. The number of aliphatic hydroxyl groups is 1. The first kappa shape index (κ1) is 20.2. The zero-order valence-electron chi connectivity index (χ0n) is 12.3. The van der Waals surface area contributed by atoms with Crippen molar-refractivity contribution < 1.29 is 19.7 Å². The molecule has 1 unspecified atom stereocenters. The molecule has 0 aliphatic rings. The Morgan fingerprint density at radius 3 is 2.05 bits per heavy atom. The molecule has 0 radical (unpaired) electrons. The molecule has 0 spiro atoms. The summed E-state index contributed by atoms with van der Waals surface area (Å²) in [4.78, 5) is 12.5. The average molecular weight is 273 g/mol. The summed E-state index contributed by atoms with van der Waals surface area (Å²) in [5.41, 5.74) is -0.858. The van der Waals surface area contributed by atoms with Crippen molar-refractivity contribution in [3.8, 4) is 0 Å². The van der Waals surface area contributed by atoms with Crippen molar-refractivity contribution in [3.05, 3.63) is 25.3 Å². The number of carboxylic acids is 1. The number of nitrogens with zero attached hydrogens (tertiary/aromatic N) is 1. The molecule has 0 aromatic carbocycles. The van der Waals surface area contributed by atoms with Gasteiger partial charge in [0.2, 0.25) is 0 Å². The Morgan fingerprint density at radius 1 is 1.32 bits per heavy atom. The fourth-order valence-electron chi connectivity index (χ4n) is 1.18. The summed E-state index contributed by atoms with van der Waals surface area (Å²) in [6.45, 7) is 9.88. The summed E-state index contributed by atoms with van der Waals surface area (Å²) in [5, 5.41) is 17.5. The molecule has 5 nitrogen and oxygen atoms in total. The summed E-state index contributed by atoms with van der Waals surface area (Å²) in [6, 6.07) is 0. The smallest absolute Gasteiger partial charge is 0.323 e. The van der Waals surface area contributed by atoms with Gasteiger partial charge in [0.15, 0.2) is 0 Å². The predicted molar refractivity (Wildman–Crippen MR) is 77.3 cm³/mol. The van der Waals surface area contributed by atoms with Crippen LogP contribution < -0.4 is 0 Å². The molecular weight excluding hydrogens is 246 g/mol. The van der Waals surface area contributed by atoms with E-state index in [9.17, 15) is 4.79 Å². The van der Waals surface area contributed by atoms with E-state index in [0.717, 1.165) is 0 Å². The third-order valence-electron chi connectivity index (χ3n) is 2.74. The fourth-order valence-corrected chi connectivity index (χ4v) is 1.18. The van der Waals surface area contributed by atoms with Crippen molar-refractivity contribution in [2.45, 2.75) is 25.3 Å². The number of rotatable bonds is 9. The van der Waals surface area contributed by atoms with Crippen LogP contribution in [0, 0.1) is 0 Å². The minimum absolute atomic E-state index is 0.0384. The number of carbonyl (C=O) groups is 1. The van der Waals surface area contributed by atoms with Gasteiger partial charge in [-0.05, 0) is 33.9 Å². The molecule has 112 valence electrons. The Bertz CT molecular complexity index is 258. The van der Waals surface area contributed by atoms with Crippen LogP contribution in [0.15, 0.2) is 25.3 Å². The van der Waals surface area contributed by atoms with Crippen LogP contribution in [-0.2, 0) is 9.53 Å². The zero-order chi connectivity index (χ0) is 15.3. The SMILES string of the molecule is C=CCOCC=C.CN(C)C(C)(CCCO)C(=O)O. The summed E-state index contributed by atoms with van der Waals surface area (Å²) < 4.78 is 4.90. The number of ether oxygens (including phenoxy) is 1. The topological polar surface area (TPSA) is 70.0 Å². The van der Waals surface area contributed by atoms with Crippen LogP contribution in [0.1, 0.15) is 19.8 Å². The van der Waals surface area contributed by atoms with Gasteiger partial charge in [-0.25, -0.2) is 0 Å². The van der Waals surface area contributed by atoms with Crippen molar-refractivity contribution >= 4 is 5.97 Å². The molecular formula is C14H27NO4. The Hall–Kier alpha value is -1.17. The van der Waals surface area contributed by atoms with E-state index in [1.807, 2.05) is 0 Å². The van der Waals surface area contributed by atoms with Gasteiger partial charge in [-0.2, -0.15) is 0 Å². The van der Waals surface area contributed by atoms with Crippen molar-refractivity contribution in [1.82, 2.24) is 4.90 Å². The lowest BCUT2D eigenvalue weighted by atomic mass is 9.95. The summed E-state index contributed by atoms with van der Waals surface area (Å²) in [5.74, 6) is -0.846. The largest absolute Gasteiger partial charge is 0.480 e. The van der Waals surface area contributed by atoms with Gasteiger partial charge in [-0.1, -0.05) is 12.2 Å². The number of aliphatic hydroxyl groups excluding tert-OH is 1. The van der Waals surface area contributed by atoms with Crippen LogP contribution in [0.2, 0.25) is 0 Å². The molecule has 0 rings (SSSR count). The van der Waals surface area contributed by atoms with Crippen molar-refractivity contribution in [2.24, 2.45) is 0 Å². The molecule has 0 fully saturated rings. The first-order valence-electron chi connectivity index (χ1n) is 6.18. The maximum Gasteiger partial charge on any atom is 0.323 e. The molecule has 0 aromatic rings. The van der Waals surface area contributed by atoms with E-state index in [0.29, 0.717) is 26.1 Å². The van der Waals surface area contributed by atoms with Crippen molar-refractivity contribution in [2.75, 3.05) is 33.9 Å². The highest BCUT2D eigenvalue weighted by atomic mass is 16.5. The van der Waals surface area contributed by atoms with E-state index >= 15 is 0 Å². The molecule has 5 heteroatoms.